The van der Waals surface area contributed by atoms with Crippen LogP contribution in [0.4, 0.5) is 5.82 Å². The minimum Gasteiger partial charge on any atom is -0.368 e. The van der Waals surface area contributed by atoms with Crippen LogP contribution in [0.25, 0.3) is 5.82 Å². The molecule has 0 bridgehead atoms. The van der Waals surface area contributed by atoms with Crippen LogP contribution in [0.1, 0.15) is 11.4 Å². The molecular formula is C19H21N5O. The van der Waals surface area contributed by atoms with Crippen molar-refractivity contribution in [2.24, 2.45) is 0 Å². The molecule has 0 atom stereocenters. The summed E-state index contributed by atoms with van der Waals surface area (Å²) in [6.45, 7) is 3.00. The lowest BCUT2D eigenvalue weighted by Crippen LogP contribution is -2.30. The monoisotopic (exact) mass is 335 g/mol. The molecule has 25 heavy (non-hydrogen) atoms. The summed E-state index contributed by atoms with van der Waals surface area (Å²) in [5.74, 6) is 2.27. The fourth-order valence-electron chi connectivity index (χ4n) is 2.50. The van der Waals surface area contributed by atoms with Gasteiger partial charge in [-0.1, -0.05) is 30.3 Å². The van der Waals surface area contributed by atoms with Crippen molar-refractivity contribution in [2.45, 2.75) is 13.3 Å². The van der Waals surface area contributed by atoms with Gasteiger partial charge in [0.1, 0.15) is 17.5 Å². The zero-order chi connectivity index (χ0) is 17.5. The van der Waals surface area contributed by atoms with Crippen molar-refractivity contribution < 1.29 is 4.79 Å². The van der Waals surface area contributed by atoms with E-state index in [0.717, 1.165) is 17.2 Å². The molecule has 6 nitrogen and oxygen atoms in total. The lowest BCUT2D eigenvalue weighted by Gasteiger charge is -2.10. The highest BCUT2D eigenvalue weighted by Crippen LogP contribution is 2.11. The first-order chi connectivity index (χ1) is 12.2. The normalized spacial score (nSPS) is 10.4. The van der Waals surface area contributed by atoms with Gasteiger partial charge in [0, 0.05) is 31.5 Å². The van der Waals surface area contributed by atoms with Crippen LogP contribution in [0, 0.1) is 6.92 Å². The average Bonchev–Trinajstić information content (AvgIpc) is 3.14. The third-order valence-corrected chi connectivity index (χ3v) is 3.65. The molecule has 0 spiro atoms. The standard InChI is InChI=1S/C19H21N5O/c1-15-22-17(14-18(23-15)24-11-5-6-12-24)20-9-10-21-19(25)13-16-7-3-2-4-8-16/h2-8,11-12,14H,9-10,13H2,1H3,(H,21,25)(H,20,22,23). The summed E-state index contributed by atoms with van der Waals surface area (Å²) in [6, 6.07) is 15.5. The molecule has 3 aromatic rings. The van der Waals surface area contributed by atoms with Gasteiger partial charge in [0.05, 0.1) is 6.42 Å². The largest absolute Gasteiger partial charge is 0.368 e. The molecule has 0 aliphatic carbocycles. The molecule has 0 aliphatic heterocycles. The van der Waals surface area contributed by atoms with E-state index in [1.54, 1.807) is 0 Å². The third-order valence-electron chi connectivity index (χ3n) is 3.65. The quantitative estimate of drug-likeness (QED) is 0.650. The predicted octanol–water partition coefficient (Wildman–Crippen LogP) is 2.35. The van der Waals surface area contributed by atoms with Gasteiger partial charge in [-0.2, -0.15) is 0 Å². The van der Waals surface area contributed by atoms with Gasteiger partial charge < -0.3 is 15.2 Å². The molecular weight excluding hydrogens is 314 g/mol. The van der Waals surface area contributed by atoms with Crippen LogP contribution in [0.2, 0.25) is 0 Å². The molecule has 128 valence electrons. The van der Waals surface area contributed by atoms with Crippen molar-refractivity contribution in [3.63, 3.8) is 0 Å². The van der Waals surface area contributed by atoms with E-state index >= 15 is 0 Å². The smallest absolute Gasteiger partial charge is 0.224 e. The number of aromatic nitrogens is 3. The minimum absolute atomic E-state index is 0.0138. The van der Waals surface area contributed by atoms with Crippen molar-refractivity contribution in [1.82, 2.24) is 19.9 Å². The van der Waals surface area contributed by atoms with Crippen molar-refractivity contribution in [1.29, 1.82) is 0 Å². The molecule has 2 N–H and O–H groups in total. The molecule has 2 heterocycles. The van der Waals surface area contributed by atoms with E-state index in [1.165, 1.54) is 0 Å². The van der Waals surface area contributed by atoms with E-state index in [9.17, 15) is 4.79 Å². The molecule has 1 aromatic carbocycles. The number of rotatable bonds is 7. The molecule has 0 radical (unpaired) electrons. The van der Waals surface area contributed by atoms with Gasteiger partial charge in [-0.3, -0.25) is 4.79 Å². The highest BCUT2D eigenvalue weighted by atomic mass is 16.1. The Hall–Kier alpha value is -3.15. The van der Waals surface area contributed by atoms with Crippen molar-refractivity contribution in [2.75, 3.05) is 18.4 Å². The summed E-state index contributed by atoms with van der Waals surface area (Å²) in [4.78, 5) is 20.7. The average molecular weight is 335 g/mol. The number of nitrogens with one attached hydrogen (secondary N) is 2. The molecule has 3 rings (SSSR count). The molecule has 0 unspecified atom stereocenters. The zero-order valence-corrected chi connectivity index (χ0v) is 14.1. The summed E-state index contributed by atoms with van der Waals surface area (Å²) >= 11 is 0. The van der Waals surface area contributed by atoms with Crippen LogP contribution >= 0.6 is 0 Å². The maximum atomic E-state index is 11.9. The van der Waals surface area contributed by atoms with Gasteiger partial charge in [0.25, 0.3) is 0 Å². The van der Waals surface area contributed by atoms with E-state index in [2.05, 4.69) is 20.6 Å². The van der Waals surface area contributed by atoms with Gasteiger partial charge in [0.15, 0.2) is 0 Å². The predicted molar refractivity (Wildman–Crippen MR) is 97.7 cm³/mol. The molecule has 6 heteroatoms. The number of hydrogen-bond acceptors (Lipinski definition) is 4. The van der Waals surface area contributed by atoms with Crippen LogP contribution < -0.4 is 10.6 Å². The molecule has 1 amide bonds. The Morgan fingerprint density at radius 1 is 1.04 bits per heavy atom. The van der Waals surface area contributed by atoms with Crippen LogP contribution in [0.15, 0.2) is 60.9 Å². The molecule has 0 saturated heterocycles. The maximum Gasteiger partial charge on any atom is 0.224 e. The first kappa shape index (κ1) is 16.7. The lowest BCUT2D eigenvalue weighted by molar-refractivity contribution is -0.120. The second kappa shape index (κ2) is 8.10. The molecule has 2 aromatic heterocycles. The summed E-state index contributed by atoms with van der Waals surface area (Å²) in [6.07, 6.45) is 4.27. The Labute approximate surface area is 146 Å². The van der Waals surface area contributed by atoms with Crippen molar-refractivity contribution in [3.05, 3.63) is 72.3 Å². The number of amides is 1. The van der Waals surface area contributed by atoms with Gasteiger partial charge in [-0.15, -0.1) is 0 Å². The fourth-order valence-corrected chi connectivity index (χ4v) is 2.50. The minimum atomic E-state index is 0.0138. The topological polar surface area (TPSA) is 71.8 Å². The number of carbonyl (C=O) groups excluding carboxylic acids is 1. The van der Waals surface area contributed by atoms with Crippen molar-refractivity contribution >= 4 is 11.7 Å². The van der Waals surface area contributed by atoms with E-state index in [0.29, 0.717) is 25.3 Å². The van der Waals surface area contributed by atoms with Gasteiger partial charge >= 0.3 is 0 Å². The Bertz CT molecular complexity index is 815. The number of anilines is 1. The number of nitrogens with zero attached hydrogens (tertiary/aromatic N) is 3. The highest BCUT2D eigenvalue weighted by Gasteiger charge is 2.04. The number of hydrogen-bond donors (Lipinski definition) is 2. The summed E-state index contributed by atoms with van der Waals surface area (Å²) < 4.78 is 1.93. The summed E-state index contributed by atoms with van der Waals surface area (Å²) in [5, 5.41) is 6.14. The highest BCUT2D eigenvalue weighted by molar-refractivity contribution is 5.78. The molecule has 0 aliphatic rings. The maximum absolute atomic E-state index is 11.9. The first-order valence-electron chi connectivity index (χ1n) is 8.24. The van der Waals surface area contributed by atoms with E-state index in [1.807, 2.05) is 72.4 Å². The molecule has 0 fully saturated rings. The first-order valence-corrected chi connectivity index (χ1v) is 8.24. The Morgan fingerprint density at radius 3 is 2.56 bits per heavy atom. The number of carbonyl (C=O) groups is 1. The SMILES string of the molecule is Cc1nc(NCCNC(=O)Cc2ccccc2)cc(-n2cccc2)n1. The van der Waals surface area contributed by atoms with Gasteiger partial charge in [-0.25, -0.2) is 9.97 Å². The van der Waals surface area contributed by atoms with E-state index in [4.69, 9.17) is 0 Å². The van der Waals surface area contributed by atoms with Crippen LogP contribution in [-0.2, 0) is 11.2 Å². The second-order valence-electron chi connectivity index (χ2n) is 5.69. The molecule has 0 saturated carbocycles. The number of benzene rings is 1. The lowest BCUT2D eigenvalue weighted by atomic mass is 10.1. The van der Waals surface area contributed by atoms with E-state index in [-0.39, 0.29) is 5.91 Å². The Morgan fingerprint density at radius 2 is 1.80 bits per heavy atom. The fraction of sp³-hybridized carbons (Fsp3) is 0.211. The second-order valence-corrected chi connectivity index (χ2v) is 5.69. The Balaban J connectivity index is 1.48. The van der Waals surface area contributed by atoms with Gasteiger partial charge in [-0.05, 0) is 24.6 Å². The van der Waals surface area contributed by atoms with Crippen molar-refractivity contribution in [3.8, 4) is 5.82 Å². The zero-order valence-electron chi connectivity index (χ0n) is 14.1. The third kappa shape index (κ3) is 4.91. The summed E-state index contributed by atoms with van der Waals surface area (Å²) in [5.41, 5.74) is 1.01. The van der Waals surface area contributed by atoms with Crippen LogP contribution in [0.5, 0.6) is 0 Å². The summed E-state index contributed by atoms with van der Waals surface area (Å²) in [7, 11) is 0. The number of aryl methyl sites for hydroxylation is 1. The van der Waals surface area contributed by atoms with Crippen LogP contribution in [-0.4, -0.2) is 33.5 Å². The Kier molecular flexibility index (Phi) is 5.41. The van der Waals surface area contributed by atoms with Gasteiger partial charge in [0.2, 0.25) is 5.91 Å². The van der Waals surface area contributed by atoms with Crippen LogP contribution in [0.3, 0.4) is 0 Å². The van der Waals surface area contributed by atoms with E-state index < -0.39 is 0 Å².